The van der Waals surface area contributed by atoms with Gasteiger partial charge in [-0.05, 0) is 50.2 Å². The van der Waals surface area contributed by atoms with Crippen molar-refractivity contribution in [1.82, 2.24) is 15.3 Å². The molecule has 1 aliphatic heterocycles. The number of carbonyl (C=O) groups is 1. The Kier molecular flexibility index (Phi) is 7.65. The van der Waals surface area contributed by atoms with Gasteiger partial charge < -0.3 is 10.2 Å². The van der Waals surface area contributed by atoms with Crippen LogP contribution in [0.15, 0.2) is 12.3 Å². The minimum Gasteiger partial charge on any atom is -0.356 e. The highest BCUT2D eigenvalue weighted by molar-refractivity contribution is 7.99. The Labute approximate surface area is 143 Å². The summed E-state index contributed by atoms with van der Waals surface area (Å²) >= 11 is 1.96. The molecule has 0 saturated carbocycles. The van der Waals surface area contributed by atoms with Crippen LogP contribution in [-0.2, 0) is 4.79 Å². The fraction of sp³-hybridized carbons (Fsp3) is 0.706. The van der Waals surface area contributed by atoms with E-state index in [1.165, 1.54) is 12.2 Å². The molecular formula is C17H28N4OS. The molecule has 0 unspecified atom stereocenters. The van der Waals surface area contributed by atoms with Gasteiger partial charge in [0.15, 0.2) is 0 Å². The van der Waals surface area contributed by atoms with Crippen LogP contribution in [0.1, 0.15) is 38.3 Å². The zero-order valence-corrected chi connectivity index (χ0v) is 15.1. The number of rotatable bonds is 8. The molecule has 0 spiro atoms. The summed E-state index contributed by atoms with van der Waals surface area (Å²) in [6.07, 6.45) is 6.03. The Morgan fingerprint density at radius 1 is 1.48 bits per heavy atom. The number of aromatic nitrogens is 2. The third-order valence-electron chi connectivity index (χ3n) is 3.97. The summed E-state index contributed by atoms with van der Waals surface area (Å²) in [5.74, 6) is 3.32. The van der Waals surface area contributed by atoms with Crippen LogP contribution in [0.4, 0.5) is 5.95 Å². The quantitative estimate of drug-likeness (QED) is 0.740. The summed E-state index contributed by atoms with van der Waals surface area (Å²) in [5.41, 5.74) is 0.964. The largest absolute Gasteiger partial charge is 0.356 e. The number of piperidine rings is 1. The second kappa shape index (κ2) is 9.75. The van der Waals surface area contributed by atoms with Crippen molar-refractivity contribution >= 4 is 23.6 Å². The van der Waals surface area contributed by atoms with Gasteiger partial charge in [0.2, 0.25) is 11.9 Å². The van der Waals surface area contributed by atoms with E-state index in [1.807, 2.05) is 24.8 Å². The Morgan fingerprint density at radius 2 is 2.35 bits per heavy atom. The summed E-state index contributed by atoms with van der Waals surface area (Å²) < 4.78 is 0. The average Bonchev–Trinajstić information content (AvgIpc) is 2.58. The number of hydrogen-bond donors (Lipinski definition) is 1. The number of anilines is 1. The first-order chi connectivity index (χ1) is 11.2. The molecule has 2 rings (SSSR count). The van der Waals surface area contributed by atoms with E-state index >= 15 is 0 Å². The van der Waals surface area contributed by atoms with Crippen LogP contribution in [-0.4, -0.2) is 47.0 Å². The fourth-order valence-corrected chi connectivity index (χ4v) is 3.58. The lowest BCUT2D eigenvalue weighted by Crippen LogP contribution is -2.44. The van der Waals surface area contributed by atoms with Crippen LogP contribution >= 0.6 is 11.8 Å². The molecule has 6 heteroatoms. The van der Waals surface area contributed by atoms with E-state index in [9.17, 15) is 4.79 Å². The van der Waals surface area contributed by atoms with Crippen molar-refractivity contribution in [1.29, 1.82) is 0 Å². The van der Waals surface area contributed by atoms with E-state index in [0.717, 1.165) is 56.3 Å². The Balaban J connectivity index is 1.75. The lowest BCUT2D eigenvalue weighted by molar-refractivity contribution is -0.125. The maximum absolute atomic E-state index is 12.3. The number of nitrogens with zero attached hydrogens (tertiary/aromatic N) is 3. The first-order valence-electron chi connectivity index (χ1n) is 8.60. The van der Waals surface area contributed by atoms with Crippen LogP contribution in [0, 0.1) is 12.8 Å². The molecular weight excluding hydrogens is 308 g/mol. The molecule has 0 aromatic carbocycles. The SMILES string of the molecule is CCCSCCCNC(=O)[C@@H]1CCCN(c2nccc(C)n2)C1. The standard InChI is InChI=1S/C17H28N4OS/c1-3-11-23-12-5-8-18-16(22)15-6-4-10-21(13-15)17-19-9-7-14(2)20-17/h7,9,15H,3-6,8,10-13H2,1-2H3,(H,18,22)/t15-/m1/s1. The molecule has 1 saturated heterocycles. The van der Waals surface area contributed by atoms with Gasteiger partial charge in [-0.1, -0.05) is 6.92 Å². The molecule has 1 N–H and O–H groups in total. The smallest absolute Gasteiger partial charge is 0.225 e. The van der Waals surface area contributed by atoms with E-state index in [-0.39, 0.29) is 11.8 Å². The van der Waals surface area contributed by atoms with Crippen LogP contribution in [0.5, 0.6) is 0 Å². The van der Waals surface area contributed by atoms with Gasteiger partial charge in [0, 0.05) is 31.5 Å². The molecule has 2 heterocycles. The first kappa shape index (κ1) is 18.0. The van der Waals surface area contributed by atoms with E-state index in [2.05, 4.69) is 27.1 Å². The second-order valence-corrected chi connectivity index (χ2v) is 7.26. The van der Waals surface area contributed by atoms with Gasteiger partial charge in [-0.25, -0.2) is 9.97 Å². The molecule has 5 nitrogen and oxygen atoms in total. The predicted molar refractivity (Wildman–Crippen MR) is 96.9 cm³/mol. The number of thioether (sulfide) groups is 1. The average molecular weight is 337 g/mol. The zero-order valence-electron chi connectivity index (χ0n) is 14.3. The highest BCUT2D eigenvalue weighted by atomic mass is 32.2. The van der Waals surface area contributed by atoms with Gasteiger partial charge in [-0.2, -0.15) is 11.8 Å². The Bertz CT molecular complexity index is 497. The number of hydrogen-bond acceptors (Lipinski definition) is 5. The molecule has 0 radical (unpaired) electrons. The Hall–Kier alpha value is -1.30. The lowest BCUT2D eigenvalue weighted by Gasteiger charge is -2.32. The highest BCUT2D eigenvalue weighted by Crippen LogP contribution is 2.20. The lowest BCUT2D eigenvalue weighted by atomic mass is 9.97. The summed E-state index contributed by atoms with van der Waals surface area (Å²) in [5, 5.41) is 3.09. The van der Waals surface area contributed by atoms with Gasteiger partial charge in [0.1, 0.15) is 0 Å². The van der Waals surface area contributed by atoms with Crippen molar-refractivity contribution in [2.75, 3.05) is 36.0 Å². The fourth-order valence-electron chi connectivity index (χ4n) is 2.74. The minimum absolute atomic E-state index is 0.0520. The van der Waals surface area contributed by atoms with Gasteiger partial charge in [-0.3, -0.25) is 4.79 Å². The molecule has 1 aliphatic rings. The van der Waals surface area contributed by atoms with Crippen molar-refractivity contribution in [3.63, 3.8) is 0 Å². The van der Waals surface area contributed by atoms with Crippen molar-refractivity contribution in [2.24, 2.45) is 5.92 Å². The summed E-state index contributed by atoms with van der Waals surface area (Å²) in [6.45, 7) is 6.60. The number of nitrogens with one attached hydrogen (secondary N) is 1. The Morgan fingerprint density at radius 3 is 3.13 bits per heavy atom. The van der Waals surface area contributed by atoms with Crippen molar-refractivity contribution < 1.29 is 4.79 Å². The molecule has 0 aliphatic carbocycles. The summed E-state index contributed by atoms with van der Waals surface area (Å²) in [6, 6.07) is 1.90. The van der Waals surface area contributed by atoms with E-state index in [1.54, 1.807) is 6.20 Å². The molecule has 1 atom stereocenters. The molecule has 23 heavy (non-hydrogen) atoms. The predicted octanol–water partition coefficient (Wildman–Crippen LogP) is 2.65. The molecule has 128 valence electrons. The zero-order chi connectivity index (χ0) is 16.5. The summed E-state index contributed by atoms with van der Waals surface area (Å²) in [4.78, 5) is 23.3. The first-order valence-corrected chi connectivity index (χ1v) is 9.76. The molecule has 0 bridgehead atoms. The van der Waals surface area contributed by atoms with Crippen LogP contribution in [0.2, 0.25) is 0 Å². The molecule has 1 aromatic heterocycles. The second-order valence-electron chi connectivity index (χ2n) is 6.04. The third-order valence-corrected chi connectivity index (χ3v) is 5.24. The van der Waals surface area contributed by atoms with Crippen LogP contribution < -0.4 is 10.2 Å². The van der Waals surface area contributed by atoms with Gasteiger partial charge >= 0.3 is 0 Å². The topological polar surface area (TPSA) is 58.1 Å². The number of amides is 1. The third kappa shape index (κ3) is 6.01. The minimum atomic E-state index is 0.0520. The maximum atomic E-state index is 12.3. The van der Waals surface area contributed by atoms with E-state index in [0.29, 0.717) is 0 Å². The van der Waals surface area contributed by atoms with E-state index in [4.69, 9.17) is 0 Å². The normalized spacial score (nSPS) is 18.0. The van der Waals surface area contributed by atoms with Gasteiger partial charge in [-0.15, -0.1) is 0 Å². The van der Waals surface area contributed by atoms with Crippen LogP contribution in [0.25, 0.3) is 0 Å². The number of aryl methyl sites for hydroxylation is 1. The maximum Gasteiger partial charge on any atom is 0.225 e. The van der Waals surface area contributed by atoms with Crippen molar-refractivity contribution in [3.8, 4) is 0 Å². The molecule has 1 fully saturated rings. The van der Waals surface area contributed by atoms with E-state index < -0.39 is 0 Å². The monoisotopic (exact) mass is 336 g/mol. The number of carbonyl (C=O) groups excluding carboxylic acids is 1. The van der Waals surface area contributed by atoms with Crippen LogP contribution in [0.3, 0.4) is 0 Å². The van der Waals surface area contributed by atoms with Gasteiger partial charge in [0.25, 0.3) is 0 Å². The highest BCUT2D eigenvalue weighted by Gasteiger charge is 2.26. The van der Waals surface area contributed by atoms with Gasteiger partial charge in [0.05, 0.1) is 5.92 Å². The molecule has 1 aromatic rings. The summed E-state index contributed by atoms with van der Waals surface area (Å²) in [7, 11) is 0. The van der Waals surface area contributed by atoms with Crippen molar-refractivity contribution in [3.05, 3.63) is 18.0 Å². The molecule has 1 amide bonds. The van der Waals surface area contributed by atoms with Crippen molar-refractivity contribution in [2.45, 2.75) is 39.5 Å².